The second-order valence-corrected chi connectivity index (χ2v) is 4.11. The Kier molecular flexibility index (Phi) is 2.80. The number of hydrogen-bond acceptors (Lipinski definition) is 1. The molecule has 0 amide bonds. The second kappa shape index (κ2) is 4.25. The van der Waals surface area contributed by atoms with Gasteiger partial charge in [-0.15, -0.1) is 17.9 Å². The Hall–Kier alpha value is -1.34. The molecule has 0 bridgehead atoms. The summed E-state index contributed by atoms with van der Waals surface area (Å²) in [6.07, 6.45) is 2.88. The van der Waals surface area contributed by atoms with E-state index >= 15 is 0 Å². The highest BCUT2D eigenvalue weighted by Gasteiger charge is 1.97. The average molecular weight is 200 g/mol. The zero-order chi connectivity index (χ0) is 9.80. The zero-order valence-electron chi connectivity index (χ0n) is 7.94. The van der Waals surface area contributed by atoms with Crippen molar-refractivity contribution in [2.24, 2.45) is 0 Å². The Bertz CT molecular complexity index is 395. The van der Waals surface area contributed by atoms with E-state index in [4.69, 9.17) is 0 Å². The van der Waals surface area contributed by atoms with Crippen LogP contribution in [0.25, 0.3) is 10.4 Å². The molecule has 14 heavy (non-hydrogen) atoms. The topological polar surface area (TPSA) is 0 Å². The van der Waals surface area contributed by atoms with E-state index < -0.39 is 0 Å². The third-order valence-electron chi connectivity index (χ3n) is 2.14. The molecule has 0 aliphatic carbocycles. The first kappa shape index (κ1) is 9.22. The Morgan fingerprint density at radius 3 is 2.50 bits per heavy atom. The van der Waals surface area contributed by atoms with Crippen molar-refractivity contribution in [2.45, 2.75) is 6.42 Å². The van der Waals surface area contributed by atoms with E-state index in [1.165, 1.54) is 16.0 Å². The fourth-order valence-electron chi connectivity index (χ4n) is 1.41. The predicted octanol–water partition coefficient (Wildman–Crippen LogP) is 4.14. The van der Waals surface area contributed by atoms with Crippen molar-refractivity contribution in [1.82, 2.24) is 0 Å². The SMILES string of the molecule is C=CCc1ccc(-c2cccs2)cc1. The maximum absolute atomic E-state index is 3.73. The fraction of sp³-hybridized carbons (Fsp3) is 0.0769. The fourth-order valence-corrected chi connectivity index (χ4v) is 2.15. The number of hydrogen-bond donors (Lipinski definition) is 0. The van der Waals surface area contributed by atoms with Crippen LogP contribution in [0.3, 0.4) is 0 Å². The molecule has 2 aromatic rings. The van der Waals surface area contributed by atoms with Gasteiger partial charge < -0.3 is 0 Å². The molecule has 0 aliphatic heterocycles. The van der Waals surface area contributed by atoms with Crippen molar-refractivity contribution in [3.05, 3.63) is 60.0 Å². The van der Waals surface area contributed by atoms with E-state index in [1.54, 1.807) is 11.3 Å². The van der Waals surface area contributed by atoms with Crippen molar-refractivity contribution in [2.75, 3.05) is 0 Å². The smallest absolute Gasteiger partial charge is 0.0342 e. The van der Waals surface area contributed by atoms with Crippen LogP contribution in [0, 0.1) is 0 Å². The van der Waals surface area contributed by atoms with Crippen molar-refractivity contribution in [1.29, 1.82) is 0 Å². The Balaban J connectivity index is 2.26. The first-order valence-corrected chi connectivity index (χ1v) is 5.52. The van der Waals surface area contributed by atoms with Gasteiger partial charge in [0.2, 0.25) is 0 Å². The van der Waals surface area contributed by atoms with Gasteiger partial charge in [0.25, 0.3) is 0 Å². The van der Waals surface area contributed by atoms with Gasteiger partial charge in [0, 0.05) is 4.88 Å². The Morgan fingerprint density at radius 2 is 1.93 bits per heavy atom. The summed E-state index contributed by atoms with van der Waals surface area (Å²) >= 11 is 1.78. The quantitative estimate of drug-likeness (QED) is 0.653. The van der Waals surface area contributed by atoms with Gasteiger partial charge in [0.1, 0.15) is 0 Å². The van der Waals surface area contributed by atoms with Gasteiger partial charge in [-0.1, -0.05) is 36.4 Å². The van der Waals surface area contributed by atoms with Gasteiger partial charge in [0.05, 0.1) is 0 Å². The molecule has 0 saturated carbocycles. The van der Waals surface area contributed by atoms with Crippen LogP contribution < -0.4 is 0 Å². The van der Waals surface area contributed by atoms with E-state index in [0.29, 0.717) is 0 Å². The van der Waals surface area contributed by atoms with Crippen molar-refractivity contribution in [3.63, 3.8) is 0 Å². The van der Waals surface area contributed by atoms with Crippen LogP contribution in [0.2, 0.25) is 0 Å². The maximum Gasteiger partial charge on any atom is 0.0342 e. The number of allylic oxidation sites excluding steroid dienone is 1. The van der Waals surface area contributed by atoms with Crippen LogP contribution in [0.5, 0.6) is 0 Å². The zero-order valence-corrected chi connectivity index (χ0v) is 8.76. The molecule has 0 radical (unpaired) electrons. The highest BCUT2D eigenvalue weighted by atomic mass is 32.1. The summed E-state index contributed by atoms with van der Waals surface area (Å²) < 4.78 is 0. The van der Waals surface area contributed by atoms with Crippen LogP contribution in [-0.2, 0) is 6.42 Å². The van der Waals surface area contributed by atoms with E-state index in [1.807, 2.05) is 6.08 Å². The van der Waals surface area contributed by atoms with E-state index in [0.717, 1.165) is 6.42 Å². The molecule has 0 fully saturated rings. The standard InChI is InChI=1S/C13H12S/c1-2-4-11-6-8-12(9-7-11)13-5-3-10-14-13/h2-3,5-10H,1,4H2. The van der Waals surface area contributed by atoms with Gasteiger partial charge in [-0.2, -0.15) is 0 Å². The summed E-state index contributed by atoms with van der Waals surface area (Å²) in [5.41, 5.74) is 2.62. The van der Waals surface area contributed by atoms with E-state index in [-0.39, 0.29) is 0 Å². The number of thiophene rings is 1. The lowest BCUT2D eigenvalue weighted by molar-refractivity contribution is 1.28. The maximum atomic E-state index is 3.73. The van der Waals surface area contributed by atoms with Crippen LogP contribution in [0.4, 0.5) is 0 Å². The van der Waals surface area contributed by atoms with Crippen molar-refractivity contribution >= 4 is 11.3 Å². The highest BCUT2D eigenvalue weighted by Crippen LogP contribution is 2.24. The molecule has 0 N–H and O–H groups in total. The summed E-state index contributed by atoms with van der Waals surface area (Å²) in [6, 6.07) is 12.9. The van der Waals surface area contributed by atoms with Gasteiger partial charge >= 0.3 is 0 Å². The van der Waals surface area contributed by atoms with Crippen LogP contribution in [-0.4, -0.2) is 0 Å². The summed E-state index contributed by atoms with van der Waals surface area (Å²) in [4.78, 5) is 1.33. The molecule has 1 heterocycles. The summed E-state index contributed by atoms with van der Waals surface area (Å²) in [5.74, 6) is 0. The van der Waals surface area contributed by atoms with Crippen LogP contribution in [0.15, 0.2) is 54.4 Å². The van der Waals surface area contributed by atoms with Gasteiger partial charge in [-0.05, 0) is 29.0 Å². The van der Waals surface area contributed by atoms with E-state index in [2.05, 4.69) is 48.4 Å². The normalized spacial score (nSPS) is 10.0. The third kappa shape index (κ3) is 1.94. The van der Waals surface area contributed by atoms with Gasteiger partial charge in [-0.3, -0.25) is 0 Å². The monoisotopic (exact) mass is 200 g/mol. The molecule has 1 aromatic heterocycles. The molecule has 0 nitrogen and oxygen atoms in total. The third-order valence-corrected chi connectivity index (χ3v) is 3.06. The van der Waals surface area contributed by atoms with Crippen LogP contribution in [0.1, 0.15) is 5.56 Å². The first-order valence-electron chi connectivity index (χ1n) is 4.64. The van der Waals surface area contributed by atoms with Gasteiger partial charge in [0.15, 0.2) is 0 Å². The Labute approximate surface area is 88.5 Å². The molecule has 0 unspecified atom stereocenters. The van der Waals surface area contributed by atoms with Crippen LogP contribution >= 0.6 is 11.3 Å². The molecule has 2 rings (SSSR count). The summed E-state index contributed by atoms with van der Waals surface area (Å²) in [5, 5.41) is 2.10. The first-order chi connectivity index (χ1) is 6.90. The lowest BCUT2D eigenvalue weighted by Crippen LogP contribution is -1.79. The van der Waals surface area contributed by atoms with Gasteiger partial charge in [-0.25, -0.2) is 0 Å². The van der Waals surface area contributed by atoms with Crippen molar-refractivity contribution in [3.8, 4) is 10.4 Å². The molecular weight excluding hydrogens is 188 g/mol. The largest absolute Gasteiger partial charge is 0.144 e. The molecule has 0 spiro atoms. The molecule has 1 aromatic carbocycles. The second-order valence-electron chi connectivity index (χ2n) is 3.17. The molecule has 0 aliphatic rings. The highest BCUT2D eigenvalue weighted by molar-refractivity contribution is 7.13. The molecule has 0 atom stereocenters. The van der Waals surface area contributed by atoms with Crippen molar-refractivity contribution < 1.29 is 0 Å². The summed E-state index contributed by atoms with van der Waals surface area (Å²) in [6.45, 7) is 3.73. The number of benzene rings is 1. The predicted molar refractivity (Wildman–Crippen MR) is 63.7 cm³/mol. The number of rotatable bonds is 3. The molecule has 0 saturated heterocycles. The lowest BCUT2D eigenvalue weighted by Gasteiger charge is -1.99. The van der Waals surface area contributed by atoms with E-state index in [9.17, 15) is 0 Å². The minimum atomic E-state index is 0.949. The Morgan fingerprint density at radius 1 is 1.14 bits per heavy atom. The summed E-state index contributed by atoms with van der Waals surface area (Å²) in [7, 11) is 0. The average Bonchev–Trinajstić information content (AvgIpc) is 2.72. The minimum absolute atomic E-state index is 0.949. The minimum Gasteiger partial charge on any atom is -0.144 e. The lowest BCUT2D eigenvalue weighted by atomic mass is 10.1. The molecule has 70 valence electrons. The molecule has 1 heteroatoms. The molecular formula is C13H12S.